The largest absolute Gasteiger partial charge is 0.487 e. The van der Waals surface area contributed by atoms with Gasteiger partial charge >= 0.3 is 0 Å². The molecule has 1 amide bonds. The van der Waals surface area contributed by atoms with Crippen LogP contribution in [-0.2, 0) is 11.4 Å². The molecule has 0 unspecified atom stereocenters. The molecule has 138 valence electrons. The van der Waals surface area contributed by atoms with Crippen LogP contribution in [0.3, 0.4) is 0 Å². The van der Waals surface area contributed by atoms with Gasteiger partial charge in [0.2, 0.25) is 5.91 Å². The molecule has 0 bridgehead atoms. The molecule has 3 rings (SSSR count). The van der Waals surface area contributed by atoms with Crippen molar-refractivity contribution in [1.29, 1.82) is 0 Å². The maximum Gasteiger partial charge on any atom is 0.224 e. The summed E-state index contributed by atoms with van der Waals surface area (Å²) in [6.07, 6.45) is 1.95. The molecule has 0 aliphatic heterocycles. The number of amides is 1. The number of anilines is 1. The van der Waals surface area contributed by atoms with Crippen molar-refractivity contribution >= 4 is 40.3 Å². The van der Waals surface area contributed by atoms with E-state index in [9.17, 15) is 9.59 Å². The number of nitrogens with one attached hydrogen (secondary N) is 1. The summed E-state index contributed by atoms with van der Waals surface area (Å²) in [5.41, 5.74) is 1.43. The van der Waals surface area contributed by atoms with Gasteiger partial charge in [-0.1, -0.05) is 23.7 Å². The summed E-state index contributed by atoms with van der Waals surface area (Å²) < 4.78 is 6.25. The molecule has 5 nitrogen and oxygen atoms in total. The zero-order valence-corrected chi connectivity index (χ0v) is 15.9. The Morgan fingerprint density at radius 1 is 1.07 bits per heavy atom. The predicted octanol–water partition coefficient (Wildman–Crippen LogP) is 4.98. The number of ether oxygens (including phenoxy) is 1. The number of rotatable bonds is 8. The monoisotopic (exact) mass is 400 g/mol. The molecular formula is C20H17ClN2O3S. The highest BCUT2D eigenvalue weighted by molar-refractivity contribution is 7.18. The lowest BCUT2D eigenvalue weighted by Gasteiger charge is -2.09. The Bertz CT molecular complexity index is 928. The fourth-order valence-electron chi connectivity index (χ4n) is 2.34. The van der Waals surface area contributed by atoms with Crippen molar-refractivity contribution in [2.24, 2.45) is 0 Å². The number of carbonyl (C=O) groups excluding carboxylic acids is 2. The summed E-state index contributed by atoms with van der Waals surface area (Å²) in [5, 5.41) is 2.78. The number of halogens is 1. The van der Waals surface area contributed by atoms with E-state index in [-0.39, 0.29) is 24.5 Å². The number of aromatic nitrogens is 1. The molecule has 2 heterocycles. The van der Waals surface area contributed by atoms with Gasteiger partial charge in [0.25, 0.3) is 0 Å². The Hall–Kier alpha value is -2.70. The summed E-state index contributed by atoms with van der Waals surface area (Å²) in [7, 11) is 0. The third-order valence-electron chi connectivity index (χ3n) is 3.66. The number of benzene rings is 1. The Kier molecular flexibility index (Phi) is 6.57. The smallest absolute Gasteiger partial charge is 0.224 e. The topological polar surface area (TPSA) is 68.3 Å². The van der Waals surface area contributed by atoms with E-state index in [0.717, 1.165) is 5.69 Å². The zero-order valence-electron chi connectivity index (χ0n) is 14.4. The van der Waals surface area contributed by atoms with Crippen molar-refractivity contribution in [3.05, 3.63) is 75.7 Å². The SMILES string of the molecule is O=C(CCC(=O)c1ccc(Cl)s1)Nc1cccc(OCc2ccccn2)c1. The van der Waals surface area contributed by atoms with Gasteiger partial charge in [-0.2, -0.15) is 0 Å². The molecule has 0 fully saturated rings. The molecule has 27 heavy (non-hydrogen) atoms. The fraction of sp³-hybridized carbons (Fsp3) is 0.150. The number of pyridine rings is 1. The van der Waals surface area contributed by atoms with Gasteiger partial charge in [0.1, 0.15) is 12.4 Å². The van der Waals surface area contributed by atoms with E-state index in [1.165, 1.54) is 11.3 Å². The molecular weight excluding hydrogens is 384 g/mol. The average molecular weight is 401 g/mol. The van der Waals surface area contributed by atoms with Gasteiger partial charge in [-0.05, 0) is 36.4 Å². The van der Waals surface area contributed by atoms with Crippen molar-refractivity contribution in [3.63, 3.8) is 0 Å². The Morgan fingerprint density at radius 3 is 2.70 bits per heavy atom. The van der Waals surface area contributed by atoms with Gasteiger partial charge in [-0.15, -0.1) is 11.3 Å². The van der Waals surface area contributed by atoms with Gasteiger partial charge in [0.15, 0.2) is 5.78 Å². The van der Waals surface area contributed by atoms with E-state index in [0.29, 0.717) is 27.3 Å². The predicted molar refractivity (Wildman–Crippen MR) is 107 cm³/mol. The number of hydrogen-bond acceptors (Lipinski definition) is 5. The lowest BCUT2D eigenvalue weighted by molar-refractivity contribution is -0.116. The first kappa shape index (κ1) is 19.1. The molecule has 0 saturated carbocycles. The van der Waals surface area contributed by atoms with Crippen LogP contribution in [0.15, 0.2) is 60.8 Å². The molecule has 1 aromatic carbocycles. The quantitative estimate of drug-likeness (QED) is 0.541. The molecule has 3 aromatic rings. The molecule has 7 heteroatoms. The minimum Gasteiger partial charge on any atom is -0.487 e. The van der Waals surface area contributed by atoms with Crippen LogP contribution in [0.1, 0.15) is 28.2 Å². The minimum atomic E-state index is -0.229. The van der Waals surface area contributed by atoms with Crippen LogP contribution in [0.2, 0.25) is 4.34 Å². The van der Waals surface area contributed by atoms with Gasteiger partial charge in [0, 0.05) is 30.8 Å². The Labute approximate surface area is 166 Å². The van der Waals surface area contributed by atoms with Crippen LogP contribution < -0.4 is 10.1 Å². The lowest BCUT2D eigenvalue weighted by Crippen LogP contribution is -2.13. The highest BCUT2D eigenvalue weighted by Crippen LogP contribution is 2.23. The van der Waals surface area contributed by atoms with Crippen LogP contribution in [0.25, 0.3) is 0 Å². The molecule has 0 radical (unpaired) electrons. The van der Waals surface area contributed by atoms with E-state index in [2.05, 4.69) is 10.3 Å². The minimum absolute atomic E-state index is 0.0884. The first-order chi connectivity index (χ1) is 13.1. The second-order valence-electron chi connectivity index (χ2n) is 5.71. The van der Waals surface area contributed by atoms with Crippen molar-refractivity contribution < 1.29 is 14.3 Å². The van der Waals surface area contributed by atoms with Crippen molar-refractivity contribution in [1.82, 2.24) is 4.98 Å². The summed E-state index contributed by atoms with van der Waals surface area (Å²) in [5.74, 6) is 0.310. The van der Waals surface area contributed by atoms with Crippen molar-refractivity contribution in [2.45, 2.75) is 19.4 Å². The van der Waals surface area contributed by atoms with Crippen LogP contribution in [0, 0.1) is 0 Å². The first-order valence-electron chi connectivity index (χ1n) is 8.31. The summed E-state index contributed by atoms with van der Waals surface area (Å²) in [4.78, 5) is 28.9. The molecule has 0 saturated heterocycles. The Morgan fingerprint density at radius 2 is 1.96 bits per heavy atom. The van der Waals surface area contributed by atoms with Gasteiger partial charge in [-0.25, -0.2) is 0 Å². The van der Waals surface area contributed by atoms with E-state index < -0.39 is 0 Å². The van der Waals surface area contributed by atoms with E-state index in [1.54, 1.807) is 36.5 Å². The summed E-state index contributed by atoms with van der Waals surface area (Å²) in [6, 6.07) is 16.1. The van der Waals surface area contributed by atoms with Gasteiger partial charge in [0.05, 0.1) is 14.9 Å². The summed E-state index contributed by atoms with van der Waals surface area (Å²) >= 11 is 7.04. The molecule has 0 atom stereocenters. The van der Waals surface area contributed by atoms with Crippen molar-refractivity contribution in [2.75, 3.05) is 5.32 Å². The molecule has 0 spiro atoms. The second kappa shape index (κ2) is 9.30. The molecule has 1 N–H and O–H groups in total. The Balaban J connectivity index is 1.49. The number of Topliss-reactive ketones (excluding diaryl/α,β-unsaturated/α-hetero) is 1. The molecule has 0 aliphatic carbocycles. The second-order valence-corrected chi connectivity index (χ2v) is 7.43. The number of ketones is 1. The van der Waals surface area contributed by atoms with Crippen LogP contribution in [0.4, 0.5) is 5.69 Å². The summed E-state index contributed by atoms with van der Waals surface area (Å²) in [6.45, 7) is 0.343. The number of hydrogen-bond donors (Lipinski definition) is 1. The average Bonchev–Trinajstić information content (AvgIpc) is 3.12. The number of nitrogens with zero attached hydrogens (tertiary/aromatic N) is 1. The molecule has 0 aliphatic rings. The van der Waals surface area contributed by atoms with Crippen LogP contribution in [-0.4, -0.2) is 16.7 Å². The highest BCUT2D eigenvalue weighted by Gasteiger charge is 2.12. The van der Waals surface area contributed by atoms with Gasteiger partial charge < -0.3 is 10.1 Å². The van der Waals surface area contributed by atoms with Crippen LogP contribution in [0.5, 0.6) is 5.75 Å². The first-order valence-corrected chi connectivity index (χ1v) is 9.51. The fourth-order valence-corrected chi connectivity index (χ4v) is 3.35. The maximum atomic E-state index is 12.1. The van der Waals surface area contributed by atoms with E-state index in [4.69, 9.17) is 16.3 Å². The van der Waals surface area contributed by atoms with E-state index >= 15 is 0 Å². The zero-order chi connectivity index (χ0) is 19.1. The van der Waals surface area contributed by atoms with E-state index in [1.807, 2.05) is 24.3 Å². The van der Waals surface area contributed by atoms with Crippen molar-refractivity contribution in [3.8, 4) is 5.75 Å². The number of carbonyl (C=O) groups is 2. The third kappa shape index (κ3) is 5.91. The van der Waals surface area contributed by atoms with Crippen LogP contribution >= 0.6 is 22.9 Å². The molecule has 2 aromatic heterocycles. The third-order valence-corrected chi connectivity index (χ3v) is 4.93. The normalized spacial score (nSPS) is 10.4. The number of thiophene rings is 1. The maximum absolute atomic E-state index is 12.1. The standard InChI is InChI=1S/C20H17ClN2O3S/c21-19-9-8-18(27-19)17(24)7-10-20(25)23-14-5-3-6-16(12-14)26-13-15-4-1-2-11-22-15/h1-6,8-9,11-12H,7,10,13H2,(H,23,25). The highest BCUT2D eigenvalue weighted by atomic mass is 35.5. The lowest BCUT2D eigenvalue weighted by atomic mass is 10.2. The van der Waals surface area contributed by atoms with Gasteiger partial charge in [-0.3, -0.25) is 14.6 Å².